The Kier molecular flexibility index (Phi) is 15.8. The molecule has 1 unspecified atom stereocenters. The lowest BCUT2D eigenvalue weighted by Crippen LogP contribution is -2.30. The smallest absolute Gasteiger partial charge is 0.350 e. The van der Waals surface area contributed by atoms with E-state index in [0.717, 1.165) is 101 Å². The Hall–Kier alpha value is -2.44. The molecule has 5 aliphatic rings. The van der Waals surface area contributed by atoms with Crippen molar-refractivity contribution in [3.8, 4) is 17.6 Å². The standard InChI is InChI=1S/C47H67NO6S2/c1-6-8-9-32(7-2)28-52-46(51)39(27-48)47-55-42-40(53-44(49)37-22-18-35(19-23-37)33-14-10-29(3)11-15-33)26-31(5)41(43(42)56-47)54-45(50)38-24-20-36(21-25-38)34-16-12-30(4)13-17-34/h26,29-30,32-38H,6-25,28H2,1-5H3/b47-39+. The van der Waals surface area contributed by atoms with Crippen molar-refractivity contribution in [3.05, 3.63) is 21.4 Å². The van der Waals surface area contributed by atoms with Crippen LogP contribution in [0.4, 0.5) is 0 Å². The Balaban J connectivity index is 1.17. The van der Waals surface area contributed by atoms with Gasteiger partial charge in [0.1, 0.15) is 17.6 Å². The Morgan fingerprint density at radius 1 is 0.732 bits per heavy atom. The number of thioether (sulfide) groups is 2. The molecule has 0 bridgehead atoms. The maximum absolute atomic E-state index is 13.8. The molecule has 308 valence electrons. The maximum Gasteiger partial charge on any atom is 0.350 e. The predicted octanol–water partition coefficient (Wildman–Crippen LogP) is 12.8. The lowest BCUT2D eigenvalue weighted by molar-refractivity contribution is -0.142. The molecule has 1 aromatic rings. The first kappa shape index (κ1) is 43.1. The number of rotatable bonds is 13. The summed E-state index contributed by atoms with van der Waals surface area (Å²) >= 11 is 2.48. The molecule has 0 radical (unpaired) electrons. The molecular weight excluding hydrogens is 739 g/mol. The van der Waals surface area contributed by atoms with Crippen LogP contribution in [0.3, 0.4) is 0 Å². The lowest BCUT2D eigenvalue weighted by atomic mass is 9.69. The van der Waals surface area contributed by atoms with Crippen LogP contribution in [0.5, 0.6) is 11.5 Å². The number of carbonyl (C=O) groups excluding carboxylic acids is 3. The van der Waals surface area contributed by atoms with Crippen molar-refractivity contribution < 1.29 is 28.6 Å². The van der Waals surface area contributed by atoms with Crippen LogP contribution in [0.2, 0.25) is 0 Å². The van der Waals surface area contributed by atoms with Crippen molar-refractivity contribution in [2.75, 3.05) is 6.61 Å². The number of carbonyl (C=O) groups is 3. The zero-order valence-electron chi connectivity index (χ0n) is 34.8. The quantitative estimate of drug-likeness (QED) is 0.0834. The first-order valence-corrected chi connectivity index (χ1v) is 24.0. The number of benzene rings is 1. The van der Waals surface area contributed by atoms with E-state index >= 15 is 0 Å². The molecule has 7 nitrogen and oxygen atoms in total. The van der Waals surface area contributed by atoms with Gasteiger partial charge in [-0.3, -0.25) is 9.59 Å². The van der Waals surface area contributed by atoms with Crippen molar-refractivity contribution in [2.45, 2.75) is 173 Å². The second kappa shape index (κ2) is 20.5. The van der Waals surface area contributed by atoms with Gasteiger partial charge in [-0.2, -0.15) is 5.26 Å². The minimum Gasteiger partial charge on any atom is -0.461 e. The summed E-state index contributed by atoms with van der Waals surface area (Å²) < 4.78 is 18.7. The summed E-state index contributed by atoms with van der Waals surface area (Å²) in [7, 11) is 0. The molecule has 4 fully saturated rings. The van der Waals surface area contributed by atoms with Gasteiger partial charge in [0, 0.05) is 0 Å². The Labute approximate surface area is 345 Å². The number of unbranched alkanes of at least 4 members (excludes halogenated alkanes) is 1. The molecule has 4 aliphatic carbocycles. The number of nitrogens with zero attached hydrogens (tertiary/aromatic N) is 1. The van der Waals surface area contributed by atoms with Crippen molar-refractivity contribution in [1.29, 1.82) is 5.26 Å². The van der Waals surface area contributed by atoms with Crippen LogP contribution >= 0.6 is 23.5 Å². The zero-order chi connectivity index (χ0) is 39.8. The summed E-state index contributed by atoms with van der Waals surface area (Å²) in [4.78, 5) is 42.3. The van der Waals surface area contributed by atoms with E-state index in [0.29, 0.717) is 42.9 Å². The van der Waals surface area contributed by atoms with Gasteiger partial charge in [-0.15, -0.1) is 0 Å². The average Bonchev–Trinajstić information content (AvgIpc) is 3.65. The predicted molar refractivity (Wildman–Crippen MR) is 224 cm³/mol. The van der Waals surface area contributed by atoms with Crippen molar-refractivity contribution >= 4 is 41.4 Å². The first-order valence-electron chi connectivity index (χ1n) is 22.4. The molecule has 4 saturated carbocycles. The van der Waals surface area contributed by atoms with Crippen LogP contribution in [-0.2, 0) is 19.1 Å². The third-order valence-electron chi connectivity index (χ3n) is 14.3. The summed E-state index contributed by atoms with van der Waals surface area (Å²) in [6, 6.07) is 3.92. The van der Waals surface area contributed by atoms with Gasteiger partial charge >= 0.3 is 17.9 Å². The van der Waals surface area contributed by atoms with Gasteiger partial charge < -0.3 is 14.2 Å². The highest BCUT2D eigenvalue weighted by molar-refractivity contribution is 8.24. The van der Waals surface area contributed by atoms with Gasteiger partial charge in [-0.1, -0.05) is 96.2 Å². The third-order valence-corrected chi connectivity index (χ3v) is 16.9. The average molecular weight is 806 g/mol. The molecule has 0 aromatic heterocycles. The summed E-state index contributed by atoms with van der Waals surface area (Å²) in [6.07, 6.45) is 22.1. The van der Waals surface area contributed by atoms with E-state index < -0.39 is 5.97 Å². The van der Waals surface area contributed by atoms with Crippen molar-refractivity contribution in [2.24, 2.45) is 53.3 Å². The lowest BCUT2D eigenvalue weighted by Gasteiger charge is -2.36. The van der Waals surface area contributed by atoms with E-state index in [2.05, 4.69) is 33.8 Å². The largest absolute Gasteiger partial charge is 0.461 e. The van der Waals surface area contributed by atoms with E-state index in [9.17, 15) is 19.6 Å². The number of esters is 3. The number of ether oxygens (including phenoxy) is 3. The molecule has 1 atom stereocenters. The van der Waals surface area contributed by atoms with Crippen molar-refractivity contribution in [1.82, 2.24) is 0 Å². The molecule has 0 spiro atoms. The van der Waals surface area contributed by atoms with Crippen LogP contribution < -0.4 is 9.47 Å². The first-order chi connectivity index (χ1) is 27.1. The number of fused-ring (bicyclic) bond motifs is 1. The Morgan fingerprint density at radius 2 is 1.21 bits per heavy atom. The highest BCUT2D eigenvalue weighted by atomic mass is 32.2. The highest BCUT2D eigenvalue weighted by Gasteiger charge is 2.38. The fourth-order valence-electron chi connectivity index (χ4n) is 10.3. The molecule has 0 amide bonds. The van der Waals surface area contributed by atoms with Gasteiger partial charge in [0.2, 0.25) is 0 Å². The van der Waals surface area contributed by atoms with Crippen LogP contribution in [-0.4, -0.2) is 24.5 Å². The van der Waals surface area contributed by atoms with Crippen LogP contribution in [0, 0.1) is 71.5 Å². The molecule has 1 aromatic carbocycles. The number of aryl methyl sites for hydroxylation is 1. The Bertz CT molecular complexity index is 1600. The zero-order valence-corrected chi connectivity index (χ0v) is 36.5. The molecule has 9 heteroatoms. The molecule has 1 heterocycles. The maximum atomic E-state index is 13.8. The highest BCUT2D eigenvalue weighted by Crippen LogP contribution is 2.60. The fourth-order valence-corrected chi connectivity index (χ4v) is 12.9. The normalized spacial score (nSPS) is 30.7. The SMILES string of the molecule is CCCCC(CC)COC(=O)/C(C#N)=C1\Sc2c(OC(=O)C3CCC(C4CCC(C)CC4)CC3)cc(C)c(OC(=O)C3CCC(C4CCC(C)CC4)CC3)c2S1. The third kappa shape index (κ3) is 10.8. The van der Waals surface area contributed by atoms with Gasteiger partial charge in [0.25, 0.3) is 0 Å². The molecule has 0 saturated heterocycles. The van der Waals surface area contributed by atoms with E-state index in [1.807, 2.05) is 6.92 Å². The summed E-state index contributed by atoms with van der Waals surface area (Å²) in [5.74, 6) is 4.28. The van der Waals surface area contributed by atoms with E-state index in [4.69, 9.17) is 14.2 Å². The van der Waals surface area contributed by atoms with E-state index in [1.165, 1.54) is 74.9 Å². The number of hydrogen-bond acceptors (Lipinski definition) is 9. The summed E-state index contributed by atoms with van der Waals surface area (Å²) in [5.41, 5.74) is 0.622. The number of nitriles is 1. The Morgan fingerprint density at radius 3 is 1.70 bits per heavy atom. The van der Waals surface area contributed by atoms with Gasteiger partial charge in [-0.25, -0.2) is 4.79 Å². The monoisotopic (exact) mass is 805 g/mol. The molecule has 1 aliphatic heterocycles. The summed E-state index contributed by atoms with van der Waals surface area (Å²) in [6.45, 7) is 11.1. The van der Waals surface area contributed by atoms with Gasteiger partial charge in [0.15, 0.2) is 5.57 Å². The second-order valence-electron chi connectivity index (χ2n) is 18.3. The van der Waals surface area contributed by atoms with Crippen LogP contribution in [0.15, 0.2) is 25.7 Å². The molecule has 6 rings (SSSR count). The fraction of sp³-hybridized carbons (Fsp3) is 0.745. The van der Waals surface area contributed by atoms with E-state index in [-0.39, 0.29) is 41.9 Å². The number of hydrogen-bond donors (Lipinski definition) is 0. The summed E-state index contributed by atoms with van der Waals surface area (Å²) in [5, 5.41) is 10.3. The van der Waals surface area contributed by atoms with E-state index in [1.54, 1.807) is 6.07 Å². The minimum absolute atomic E-state index is 0.0698. The molecule has 56 heavy (non-hydrogen) atoms. The van der Waals surface area contributed by atoms with Crippen molar-refractivity contribution in [3.63, 3.8) is 0 Å². The second-order valence-corrected chi connectivity index (χ2v) is 20.6. The molecular formula is C47H67NO6S2. The molecule has 0 N–H and O–H groups in total. The topological polar surface area (TPSA) is 103 Å². The minimum atomic E-state index is -0.646. The van der Waals surface area contributed by atoms with Gasteiger partial charge in [0.05, 0.1) is 32.5 Å². The van der Waals surface area contributed by atoms with Crippen LogP contribution in [0.1, 0.15) is 162 Å². The van der Waals surface area contributed by atoms with Crippen LogP contribution in [0.25, 0.3) is 0 Å². The van der Waals surface area contributed by atoms with Gasteiger partial charge in [-0.05, 0) is 143 Å².